The number of hydrogen-bond donors (Lipinski definition) is 2. The number of aryl methyl sites for hydroxylation is 1. The van der Waals surface area contributed by atoms with Gasteiger partial charge in [0.05, 0.1) is 22.6 Å². The van der Waals surface area contributed by atoms with Gasteiger partial charge in [-0.3, -0.25) is 20.4 Å². The first-order valence-corrected chi connectivity index (χ1v) is 8.55. The van der Waals surface area contributed by atoms with Gasteiger partial charge in [0.25, 0.3) is 11.8 Å². The van der Waals surface area contributed by atoms with Crippen LogP contribution in [0.5, 0.6) is 5.75 Å². The van der Waals surface area contributed by atoms with E-state index in [1.54, 1.807) is 24.6 Å². The van der Waals surface area contributed by atoms with Crippen molar-refractivity contribution in [3.05, 3.63) is 77.4 Å². The van der Waals surface area contributed by atoms with Gasteiger partial charge in [-0.15, -0.1) is 0 Å². The maximum Gasteiger partial charge on any atom is 0.276 e. The summed E-state index contributed by atoms with van der Waals surface area (Å²) in [6.45, 7) is 3.04. The van der Waals surface area contributed by atoms with Crippen LogP contribution in [0.15, 0.2) is 54.6 Å². The molecule has 2 aromatic carbocycles. The molecule has 2 N–H and O–H groups in total. The number of nitrogens with zero attached hydrogens (tertiary/aromatic N) is 2. The minimum atomic E-state index is -0.623. The lowest BCUT2D eigenvalue weighted by atomic mass is 10.2. The molecular formula is C20H19FN4O3. The predicted molar refractivity (Wildman–Crippen MR) is 101 cm³/mol. The van der Waals surface area contributed by atoms with Crippen molar-refractivity contribution < 1.29 is 18.7 Å². The number of halogens is 1. The third-order valence-corrected chi connectivity index (χ3v) is 4.03. The Bertz CT molecular complexity index is 1000. The third kappa shape index (κ3) is 4.17. The minimum absolute atomic E-state index is 0.0418. The van der Waals surface area contributed by atoms with Crippen molar-refractivity contribution in [1.29, 1.82) is 0 Å². The summed E-state index contributed by atoms with van der Waals surface area (Å²) in [5.41, 5.74) is 6.93. The Balaban J connectivity index is 1.61. The van der Waals surface area contributed by atoms with E-state index in [4.69, 9.17) is 4.74 Å². The molecule has 1 heterocycles. The van der Waals surface area contributed by atoms with Gasteiger partial charge in [0.2, 0.25) is 0 Å². The topological polar surface area (TPSA) is 85.3 Å². The van der Waals surface area contributed by atoms with Crippen LogP contribution in [0.4, 0.5) is 4.39 Å². The van der Waals surface area contributed by atoms with Gasteiger partial charge in [0.1, 0.15) is 0 Å². The third-order valence-electron chi connectivity index (χ3n) is 4.03. The van der Waals surface area contributed by atoms with Crippen LogP contribution in [0.25, 0.3) is 5.69 Å². The van der Waals surface area contributed by atoms with Crippen LogP contribution in [0, 0.1) is 19.7 Å². The zero-order valence-corrected chi connectivity index (χ0v) is 15.4. The first-order valence-electron chi connectivity index (χ1n) is 8.55. The van der Waals surface area contributed by atoms with Crippen molar-refractivity contribution in [1.82, 2.24) is 20.6 Å². The van der Waals surface area contributed by atoms with Crippen molar-refractivity contribution >= 4 is 11.8 Å². The summed E-state index contributed by atoms with van der Waals surface area (Å²) in [6.07, 6.45) is 0. The summed E-state index contributed by atoms with van der Waals surface area (Å²) in [7, 11) is 0. The number of hydrogen-bond acceptors (Lipinski definition) is 4. The Morgan fingerprint density at radius 2 is 1.71 bits per heavy atom. The number of hydrazine groups is 1. The van der Waals surface area contributed by atoms with Crippen molar-refractivity contribution in [2.45, 2.75) is 13.8 Å². The van der Waals surface area contributed by atoms with Gasteiger partial charge in [0, 0.05) is 0 Å². The molecule has 3 aromatic rings. The molecule has 1 aromatic heterocycles. The molecule has 144 valence electrons. The number of aromatic nitrogens is 2. The van der Waals surface area contributed by atoms with Gasteiger partial charge < -0.3 is 4.74 Å². The minimum Gasteiger partial charge on any atom is -0.481 e. The van der Waals surface area contributed by atoms with E-state index in [2.05, 4.69) is 16.0 Å². The lowest BCUT2D eigenvalue weighted by Gasteiger charge is -2.09. The maximum atomic E-state index is 13.5. The number of benzene rings is 2. The van der Waals surface area contributed by atoms with Gasteiger partial charge in [-0.25, -0.2) is 9.07 Å². The number of nitrogens with one attached hydrogen (secondary N) is 2. The average Bonchev–Trinajstić information content (AvgIpc) is 3.00. The molecule has 0 saturated heterocycles. The van der Waals surface area contributed by atoms with E-state index in [-0.39, 0.29) is 5.75 Å². The Labute approximate surface area is 161 Å². The first-order chi connectivity index (χ1) is 13.5. The number of ether oxygens (including phenoxy) is 1. The second kappa shape index (κ2) is 8.34. The van der Waals surface area contributed by atoms with E-state index >= 15 is 0 Å². The molecule has 0 aliphatic heterocycles. The number of carbonyl (C=O) groups excluding carboxylic acids is 2. The number of rotatable bonds is 5. The Kier molecular flexibility index (Phi) is 5.69. The largest absolute Gasteiger partial charge is 0.481 e. The Morgan fingerprint density at radius 3 is 2.43 bits per heavy atom. The van der Waals surface area contributed by atoms with E-state index in [1.807, 2.05) is 30.3 Å². The smallest absolute Gasteiger partial charge is 0.276 e. The zero-order chi connectivity index (χ0) is 20.1. The van der Waals surface area contributed by atoms with Crippen LogP contribution in [0.2, 0.25) is 0 Å². The van der Waals surface area contributed by atoms with Gasteiger partial charge >= 0.3 is 0 Å². The molecule has 0 aliphatic rings. The molecule has 0 aliphatic carbocycles. The highest BCUT2D eigenvalue weighted by atomic mass is 19.1. The molecule has 3 rings (SSSR count). The van der Waals surface area contributed by atoms with Gasteiger partial charge in [-0.1, -0.05) is 30.3 Å². The second-order valence-corrected chi connectivity index (χ2v) is 6.01. The molecule has 2 amide bonds. The molecule has 0 radical (unpaired) electrons. The van der Waals surface area contributed by atoms with E-state index < -0.39 is 24.2 Å². The van der Waals surface area contributed by atoms with E-state index in [0.717, 1.165) is 5.69 Å². The van der Waals surface area contributed by atoms with Gasteiger partial charge in [0.15, 0.2) is 18.2 Å². The molecule has 8 heteroatoms. The van der Waals surface area contributed by atoms with Crippen LogP contribution in [0.3, 0.4) is 0 Å². The Hall–Kier alpha value is -3.68. The first kappa shape index (κ1) is 19.1. The lowest BCUT2D eigenvalue weighted by Crippen LogP contribution is -2.44. The predicted octanol–water partition coefficient (Wildman–Crippen LogP) is 2.47. The van der Waals surface area contributed by atoms with E-state index in [9.17, 15) is 14.0 Å². The van der Waals surface area contributed by atoms with Gasteiger partial charge in [-0.2, -0.15) is 5.10 Å². The van der Waals surface area contributed by atoms with Gasteiger partial charge in [-0.05, 0) is 38.1 Å². The molecular weight excluding hydrogens is 363 g/mol. The highest BCUT2D eigenvalue weighted by molar-refractivity contribution is 5.97. The summed E-state index contributed by atoms with van der Waals surface area (Å²) in [6, 6.07) is 15.1. The molecule has 0 saturated carbocycles. The highest BCUT2D eigenvalue weighted by Gasteiger charge is 2.20. The van der Waals surface area contributed by atoms with Crippen molar-refractivity contribution in [2.24, 2.45) is 0 Å². The molecule has 28 heavy (non-hydrogen) atoms. The zero-order valence-electron chi connectivity index (χ0n) is 15.4. The van der Waals surface area contributed by atoms with Crippen LogP contribution >= 0.6 is 0 Å². The van der Waals surface area contributed by atoms with Crippen LogP contribution < -0.4 is 15.6 Å². The molecule has 0 atom stereocenters. The quantitative estimate of drug-likeness (QED) is 0.664. The summed E-state index contributed by atoms with van der Waals surface area (Å²) >= 11 is 0. The van der Waals surface area contributed by atoms with E-state index in [0.29, 0.717) is 17.0 Å². The van der Waals surface area contributed by atoms with Crippen molar-refractivity contribution in [2.75, 3.05) is 6.61 Å². The fourth-order valence-electron chi connectivity index (χ4n) is 2.72. The average molecular weight is 382 g/mol. The number of amides is 2. The standard InChI is InChI=1S/C20H19FN4O3/c1-13-19(14(2)25(24-13)15-8-4-3-5-9-15)20(27)23-22-18(26)12-28-17-11-7-6-10-16(17)21/h3-11H,12H2,1-2H3,(H,22,26)(H,23,27). The lowest BCUT2D eigenvalue weighted by molar-refractivity contribution is -0.123. The second-order valence-electron chi connectivity index (χ2n) is 6.01. The summed E-state index contributed by atoms with van der Waals surface area (Å²) < 4.78 is 20.2. The highest BCUT2D eigenvalue weighted by Crippen LogP contribution is 2.17. The SMILES string of the molecule is Cc1nn(-c2ccccc2)c(C)c1C(=O)NNC(=O)COc1ccccc1F. The maximum absolute atomic E-state index is 13.5. The Morgan fingerprint density at radius 1 is 1.04 bits per heavy atom. The normalized spacial score (nSPS) is 10.4. The molecule has 0 bridgehead atoms. The fourth-order valence-corrected chi connectivity index (χ4v) is 2.72. The van der Waals surface area contributed by atoms with Crippen LogP contribution in [-0.2, 0) is 4.79 Å². The van der Waals surface area contributed by atoms with E-state index in [1.165, 1.54) is 18.2 Å². The fraction of sp³-hybridized carbons (Fsp3) is 0.150. The molecule has 0 spiro atoms. The summed E-state index contributed by atoms with van der Waals surface area (Å²) in [5.74, 6) is -1.74. The summed E-state index contributed by atoms with van der Waals surface area (Å²) in [4.78, 5) is 24.3. The van der Waals surface area contributed by atoms with Crippen LogP contribution in [-0.4, -0.2) is 28.2 Å². The number of carbonyl (C=O) groups is 2. The summed E-state index contributed by atoms with van der Waals surface area (Å²) in [5, 5.41) is 4.39. The van der Waals surface area contributed by atoms with Crippen molar-refractivity contribution in [3.8, 4) is 11.4 Å². The van der Waals surface area contributed by atoms with Crippen LogP contribution in [0.1, 0.15) is 21.7 Å². The van der Waals surface area contributed by atoms with Crippen molar-refractivity contribution in [3.63, 3.8) is 0 Å². The monoisotopic (exact) mass is 382 g/mol. The molecule has 7 nitrogen and oxygen atoms in total. The molecule has 0 fully saturated rings. The molecule has 0 unspecified atom stereocenters. The number of para-hydroxylation sites is 2.